The number of ether oxygens (including phenoxy) is 1. The van der Waals surface area contributed by atoms with Crippen molar-refractivity contribution >= 4 is 0 Å². The minimum atomic E-state index is 0.429. The van der Waals surface area contributed by atoms with Gasteiger partial charge in [0.25, 0.3) is 0 Å². The molecular formula is C24H27N3O. The van der Waals surface area contributed by atoms with Crippen molar-refractivity contribution in [3.8, 4) is 5.75 Å². The molecule has 4 rings (SSSR count). The zero-order valence-electron chi connectivity index (χ0n) is 16.4. The lowest BCUT2D eigenvalue weighted by molar-refractivity contribution is 0.138. The molecule has 2 aromatic heterocycles. The van der Waals surface area contributed by atoms with Crippen LogP contribution in [0, 0.1) is 0 Å². The molecule has 4 nitrogen and oxygen atoms in total. The van der Waals surface area contributed by atoms with Crippen molar-refractivity contribution in [2.45, 2.75) is 38.3 Å². The Bertz CT molecular complexity index is 863. The van der Waals surface area contributed by atoms with Crippen molar-refractivity contribution in [2.24, 2.45) is 0 Å². The largest absolute Gasteiger partial charge is 0.497 e. The SMILES string of the molecule is COc1ccc(Cc2ccc([C@@H]3CCCCN3Cc3ccccn3)cn2)cc1. The summed E-state index contributed by atoms with van der Waals surface area (Å²) in [6.45, 7) is 2.02. The van der Waals surface area contributed by atoms with Gasteiger partial charge in [-0.3, -0.25) is 14.9 Å². The molecule has 3 aromatic rings. The molecule has 1 atom stereocenters. The molecule has 1 aliphatic heterocycles. The van der Waals surface area contributed by atoms with E-state index in [1.807, 2.05) is 24.4 Å². The Labute approximate surface area is 167 Å². The number of benzene rings is 1. The van der Waals surface area contributed by atoms with E-state index in [9.17, 15) is 0 Å². The van der Waals surface area contributed by atoms with Crippen LogP contribution in [0.5, 0.6) is 5.75 Å². The molecule has 144 valence electrons. The second-order valence-corrected chi connectivity index (χ2v) is 7.41. The number of piperidine rings is 1. The topological polar surface area (TPSA) is 38.2 Å². The van der Waals surface area contributed by atoms with Crippen LogP contribution < -0.4 is 4.74 Å². The maximum absolute atomic E-state index is 5.23. The lowest BCUT2D eigenvalue weighted by Crippen LogP contribution is -2.33. The van der Waals surface area contributed by atoms with Crippen molar-refractivity contribution in [1.82, 2.24) is 14.9 Å². The van der Waals surface area contributed by atoms with Gasteiger partial charge in [0.1, 0.15) is 5.75 Å². The molecule has 3 heterocycles. The average Bonchev–Trinajstić information content (AvgIpc) is 2.76. The third-order valence-corrected chi connectivity index (χ3v) is 5.48. The molecule has 0 bridgehead atoms. The lowest BCUT2D eigenvalue weighted by atomic mass is 9.95. The smallest absolute Gasteiger partial charge is 0.118 e. The highest BCUT2D eigenvalue weighted by Gasteiger charge is 2.24. The van der Waals surface area contributed by atoms with E-state index in [0.717, 1.165) is 36.6 Å². The first-order valence-corrected chi connectivity index (χ1v) is 10.0. The van der Waals surface area contributed by atoms with Crippen LogP contribution in [0.2, 0.25) is 0 Å². The van der Waals surface area contributed by atoms with Crippen LogP contribution >= 0.6 is 0 Å². The molecule has 0 unspecified atom stereocenters. The van der Waals surface area contributed by atoms with Gasteiger partial charge < -0.3 is 4.74 Å². The van der Waals surface area contributed by atoms with Gasteiger partial charge >= 0.3 is 0 Å². The molecule has 1 saturated heterocycles. The van der Waals surface area contributed by atoms with Gasteiger partial charge in [-0.25, -0.2) is 0 Å². The normalized spacial score (nSPS) is 17.4. The van der Waals surface area contributed by atoms with Crippen molar-refractivity contribution in [3.05, 3.63) is 89.5 Å². The Morgan fingerprint density at radius 2 is 1.86 bits per heavy atom. The first kappa shape index (κ1) is 18.6. The van der Waals surface area contributed by atoms with Gasteiger partial charge in [0, 0.05) is 37.1 Å². The zero-order valence-corrected chi connectivity index (χ0v) is 16.4. The summed E-state index contributed by atoms with van der Waals surface area (Å²) in [5.74, 6) is 0.886. The van der Waals surface area contributed by atoms with E-state index in [1.54, 1.807) is 7.11 Å². The third kappa shape index (κ3) is 4.57. The van der Waals surface area contributed by atoms with Crippen molar-refractivity contribution < 1.29 is 4.74 Å². The Morgan fingerprint density at radius 3 is 2.57 bits per heavy atom. The number of nitrogens with zero attached hydrogens (tertiary/aromatic N) is 3. The quantitative estimate of drug-likeness (QED) is 0.622. The van der Waals surface area contributed by atoms with E-state index in [1.165, 1.54) is 30.4 Å². The highest BCUT2D eigenvalue weighted by Crippen LogP contribution is 2.31. The standard InChI is InChI=1S/C24H27N3O/c1-28-23-12-8-19(9-13-23)16-21-11-10-20(17-26-21)24-7-3-5-15-27(24)18-22-6-2-4-14-25-22/h2,4,6,8-14,17,24H,3,5,7,15-16,18H2,1H3/t24-/m0/s1. The summed E-state index contributed by atoms with van der Waals surface area (Å²) < 4.78 is 5.23. The van der Waals surface area contributed by atoms with Gasteiger partial charge in [0.05, 0.1) is 12.8 Å². The fourth-order valence-corrected chi connectivity index (χ4v) is 3.95. The molecule has 0 spiro atoms. The summed E-state index contributed by atoms with van der Waals surface area (Å²) >= 11 is 0. The van der Waals surface area contributed by atoms with Crippen LogP contribution in [-0.4, -0.2) is 28.5 Å². The second-order valence-electron chi connectivity index (χ2n) is 7.41. The number of hydrogen-bond acceptors (Lipinski definition) is 4. The van der Waals surface area contributed by atoms with Gasteiger partial charge in [0.2, 0.25) is 0 Å². The maximum atomic E-state index is 5.23. The molecule has 0 amide bonds. The summed E-state index contributed by atoms with van der Waals surface area (Å²) in [4.78, 5) is 11.8. The minimum absolute atomic E-state index is 0.429. The molecule has 1 aliphatic rings. The Balaban J connectivity index is 1.45. The number of likely N-dealkylation sites (tertiary alicyclic amines) is 1. The summed E-state index contributed by atoms with van der Waals surface area (Å²) in [5.41, 5.74) is 4.80. The summed E-state index contributed by atoms with van der Waals surface area (Å²) in [5, 5.41) is 0. The lowest BCUT2D eigenvalue weighted by Gasteiger charge is -2.35. The van der Waals surface area contributed by atoms with Crippen LogP contribution in [0.15, 0.2) is 67.0 Å². The Kier molecular flexibility index (Phi) is 5.98. The minimum Gasteiger partial charge on any atom is -0.497 e. The maximum Gasteiger partial charge on any atom is 0.118 e. The van der Waals surface area contributed by atoms with E-state index in [-0.39, 0.29) is 0 Å². The van der Waals surface area contributed by atoms with Crippen LogP contribution in [0.3, 0.4) is 0 Å². The van der Waals surface area contributed by atoms with Gasteiger partial charge in [0.15, 0.2) is 0 Å². The first-order chi connectivity index (χ1) is 13.8. The molecule has 0 saturated carbocycles. The highest BCUT2D eigenvalue weighted by atomic mass is 16.5. The van der Waals surface area contributed by atoms with E-state index < -0.39 is 0 Å². The summed E-state index contributed by atoms with van der Waals surface area (Å²) in [6, 6.07) is 19.2. The number of pyridine rings is 2. The molecule has 0 aliphatic carbocycles. The van der Waals surface area contributed by atoms with Gasteiger partial charge in [-0.2, -0.15) is 0 Å². The molecule has 28 heavy (non-hydrogen) atoms. The van der Waals surface area contributed by atoms with Crippen LogP contribution in [0.4, 0.5) is 0 Å². The predicted octanol–water partition coefficient (Wildman–Crippen LogP) is 4.80. The average molecular weight is 373 g/mol. The van der Waals surface area contributed by atoms with Gasteiger partial charge in [-0.15, -0.1) is 0 Å². The number of methoxy groups -OCH3 is 1. The molecule has 0 N–H and O–H groups in total. The van der Waals surface area contributed by atoms with Crippen molar-refractivity contribution in [3.63, 3.8) is 0 Å². The molecule has 4 heteroatoms. The zero-order chi connectivity index (χ0) is 19.2. The van der Waals surface area contributed by atoms with Crippen molar-refractivity contribution in [2.75, 3.05) is 13.7 Å². The van der Waals surface area contributed by atoms with Crippen LogP contribution in [-0.2, 0) is 13.0 Å². The van der Waals surface area contributed by atoms with Crippen LogP contribution in [0.25, 0.3) is 0 Å². The molecule has 1 fully saturated rings. The monoisotopic (exact) mass is 373 g/mol. The fraction of sp³-hybridized carbons (Fsp3) is 0.333. The Hall–Kier alpha value is -2.72. The number of hydrogen-bond donors (Lipinski definition) is 0. The molecule has 1 aromatic carbocycles. The van der Waals surface area contributed by atoms with Crippen molar-refractivity contribution in [1.29, 1.82) is 0 Å². The van der Waals surface area contributed by atoms with E-state index in [0.29, 0.717) is 6.04 Å². The summed E-state index contributed by atoms with van der Waals surface area (Å²) in [6.07, 6.45) is 8.51. The van der Waals surface area contributed by atoms with Gasteiger partial charge in [-0.05, 0) is 60.8 Å². The van der Waals surface area contributed by atoms with E-state index in [2.05, 4.69) is 52.5 Å². The third-order valence-electron chi connectivity index (χ3n) is 5.48. The van der Waals surface area contributed by atoms with Gasteiger partial charge in [-0.1, -0.05) is 30.7 Å². The highest BCUT2D eigenvalue weighted by molar-refractivity contribution is 5.30. The van der Waals surface area contributed by atoms with E-state index >= 15 is 0 Å². The summed E-state index contributed by atoms with van der Waals surface area (Å²) in [7, 11) is 1.69. The Morgan fingerprint density at radius 1 is 0.964 bits per heavy atom. The van der Waals surface area contributed by atoms with Crippen LogP contribution in [0.1, 0.15) is 47.8 Å². The van der Waals surface area contributed by atoms with E-state index in [4.69, 9.17) is 9.72 Å². The molecular weight excluding hydrogens is 346 g/mol. The number of aromatic nitrogens is 2. The number of rotatable bonds is 6. The second kappa shape index (κ2) is 8.98. The fourth-order valence-electron chi connectivity index (χ4n) is 3.95. The predicted molar refractivity (Wildman–Crippen MR) is 111 cm³/mol. The molecule has 0 radical (unpaired) electrons. The first-order valence-electron chi connectivity index (χ1n) is 10.0.